The number of amides is 3. The summed E-state index contributed by atoms with van der Waals surface area (Å²) in [5, 5.41) is 5.23. The Balaban J connectivity index is 1.59. The molecule has 0 bridgehead atoms. The highest BCUT2D eigenvalue weighted by atomic mass is 16.2. The van der Waals surface area contributed by atoms with Gasteiger partial charge in [0.05, 0.1) is 0 Å². The highest BCUT2D eigenvalue weighted by molar-refractivity contribution is 6.06. The van der Waals surface area contributed by atoms with Crippen molar-refractivity contribution in [2.75, 3.05) is 13.1 Å². The molecule has 1 aromatic rings. The molecule has 3 atom stereocenters. The van der Waals surface area contributed by atoms with Crippen LogP contribution in [0.4, 0.5) is 4.79 Å². The van der Waals surface area contributed by atoms with Crippen molar-refractivity contribution in [1.82, 2.24) is 15.5 Å². The number of piperidine rings is 1. The Labute approximate surface area is 143 Å². The lowest BCUT2D eigenvalue weighted by atomic mass is 9.79. The van der Waals surface area contributed by atoms with Gasteiger partial charge in [0.1, 0.15) is 5.54 Å². The van der Waals surface area contributed by atoms with Gasteiger partial charge in [-0.05, 0) is 51.6 Å². The van der Waals surface area contributed by atoms with Crippen molar-refractivity contribution in [3.8, 4) is 0 Å². The Morgan fingerprint density at radius 1 is 1.29 bits per heavy atom. The fraction of sp³-hybridized carbons (Fsp3) is 0.579. The minimum atomic E-state index is -0.769. The molecule has 0 saturated carbocycles. The molecular weight excluding hydrogens is 302 g/mol. The summed E-state index contributed by atoms with van der Waals surface area (Å²) in [6.07, 6.45) is 4.22. The number of aryl methyl sites for hydroxylation is 1. The second kappa shape index (κ2) is 6.93. The van der Waals surface area contributed by atoms with Gasteiger partial charge in [-0.2, -0.15) is 0 Å². The van der Waals surface area contributed by atoms with Gasteiger partial charge in [0.25, 0.3) is 5.91 Å². The van der Waals surface area contributed by atoms with Crippen LogP contribution in [0.2, 0.25) is 0 Å². The Kier molecular flexibility index (Phi) is 4.90. The molecule has 0 aromatic heterocycles. The second-order valence-corrected chi connectivity index (χ2v) is 7.32. The molecule has 5 heteroatoms. The number of nitrogens with zero attached hydrogens (tertiary/aromatic N) is 1. The van der Waals surface area contributed by atoms with Gasteiger partial charge >= 0.3 is 6.03 Å². The summed E-state index contributed by atoms with van der Waals surface area (Å²) in [6.45, 7) is 6.05. The van der Waals surface area contributed by atoms with E-state index < -0.39 is 5.54 Å². The van der Waals surface area contributed by atoms with E-state index in [2.05, 4.69) is 46.7 Å². The normalized spacial score (nSPS) is 29.2. The van der Waals surface area contributed by atoms with Gasteiger partial charge in [0, 0.05) is 18.5 Å². The van der Waals surface area contributed by atoms with Gasteiger partial charge < -0.3 is 10.2 Å². The Hall–Kier alpha value is -1.88. The maximum absolute atomic E-state index is 12.2. The van der Waals surface area contributed by atoms with Gasteiger partial charge in [0.2, 0.25) is 0 Å². The molecule has 3 unspecified atom stereocenters. The summed E-state index contributed by atoms with van der Waals surface area (Å²) in [5.41, 5.74) is 0.599. The average molecular weight is 329 g/mol. The quantitative estimate of drug-likeness (QED) is 0.815. The van der Waals surface area contributed by atoms with E-state index in [1.807, 2.05) is 13.0 Å². The van der Waals surface area contributed by atoms with Crippen molar-refractivity contribution in [3.05, 3.63) is 35.9 Å². The monoisotopic (exact) mass is 329 g/mol. The van der Waals surface area contributed by atoms with Crippen molar-refractivity contribution in [2.24, 2.45) is 5.92 Å². The zero-order valence-corrected chi connectivity index (χ0v) is 14.5. The number of carbonyl (C=O) groups excluding carboxylic acids is 2. The lowest BCUT2D eigenvalue weighted by molar-refractivity contribution is -0.126. The fourth-order valence-corrected chi connectivity index (χ4v) is 3.93. The van der Waals surface area contributed by atoms with Crippen LogP contribution < -0.4 is 10.6 Å². The van der Waals surface area contributed by atoms with E-state index in [-0.39, 0.29) is 17.9 Å². The van der Waals surface area contributed by atoms with E-state index >= 15 is 0 Å². The average Bonchev–Trinajstić information content (AvgIpc) is 2.87. The topological polar surface area (TPSA) is 61.4 Å². The third-order valence-electron chi connectivity index (χ3n) is 5.66. The minimum absolute atomic E-state index is 0.164. The first-order valence-corrected chi connectivity index (χ1v) is 8.90. The zero-order valence-electron chi connectivity index (χ0n) is 14.5. The minimum Gasteiger partial charge on any atom is -0.323 e. The predicted molar refractivity (Wildman–Crippen MR) is 93.6 cm³/mol. The van der Waals surface area contributed by atoms with Crippen LogP contribution in [-0.4, -0.2) is 41.5 Å². The van der Waals surface area contributed by atoms with Gasteiger partial charge in [-0.3, -0.25) is 10.1 Å². The summed E-state index contributed by atoms with van der Waals surface area (Å²) >= 11 is 0. The van der Waals surface area contributed by atoms with Crippen LogP contribution in [0, 0.1) is 5.92 Å². The maximum Gasteiger partial charge on any atom is 0.322 e. The van der Waals surface area contributed by atoms with E-state index in [1.165, 1.54) is 5.56 Å². The van der Waals surface area contributed by atoms with Crippen molar-refractivity contribution < 1.29 is 9.59 Å². The van der Waals surface area contributed by atoms with Crippen LogP contribution in [0.1, 0.15) is 38.7 Å². The van der Waals surface area contributed by atoms with Crippen molar-refractivity contribution in [2.45, 2.75) is 51.1 Å². The molecule has 0 aliphatic carbocycles. The standard InChI is InChI=1S/C19H27N3O2/c1-14(10-11-15-7-4-3-5-8-15)22-12-6-9-16(13-22)19(2)17(23)20-18(24)21-19/h3-5,7-8,14,16H,6,9-13H2,1-2H3,(H2,20,21,23,24). The summed E-state index contributed by atoms with van der Waals surface area (Å²) in [6, 6.07) is 10.7. The smallest absolute Gasteiger partial charge is 0.322 e. The molecule has 130 valence electrons. The lowest BCUT2D eigenvalue weighted by Crippen LogP contribution is -2.56. The molecule has 2 heterocycles. The van der Waals surface area contributed by atoms with Crippen molar-refractivity contribution >= 4 is 11.9 Å². The molecule has 2 N–H and O–H groups in total. The molecule has 5 nitrogen and oxygen atoms in total. The summed E-state index contributed by atoms with van der Waals surface area (Å²) < 4.78 is 0. The zero-order chi connectivity index (χ0) is 17.2. The molecular formula is C19H27N3O2. The van der Waals surface area contributed by atoms with Crippen LogP contribution in [0.25, 0.3) is 0 Å². The first kappa shape index (κ1) is 17.0. The van der Waals surface area contributed by atoms with Crippen molar-refractivity contribution in [3.63, 3.8) is 0 Å². The van der Waals surface area contributed by atoms with E-state index in [9.17, 15) is 9.59 Å². The SMILES string of the molecule is CC(CCc1ccccc1)N1CCCC(C2(C)NC(=O)NC2=O)C1. The van der Waals surface area contributed by atoms with E-state index in [4.69, 9.17) is 0 Å². The predicted octanol–water partition coefficient (Wildman–Crippen LogP) is 2.32. The number of benzene rings is 1. The largest absolute Gasteiger partial charge is 0.323 e. The molecule has 0 radical (unpaired) electrons. The number of hydrogen-bond acceptors (Lipinski definition) is 3. The number of carbonyl (C=O) groups is 2. The molecule has 1 aromatic carbocycles. The number of likely N-dealkylation sites (tertiary alicyclic amines) is 1. The molecule has 2 fully saturated rings. The Bertz CT molecular complexity index is 604. The Morgan fingerprint density at radius 2 is 2.04 bits per heavy atom. The van der Waals surface area contributed by atoms with Gasteiger partial charge in [-0.1, -0.05) is 30.3 Å². The summed E-state index contributed by atoms with van der Waals surface area (Å²) in [4.78, 5) is 26.2. The van der Waals surface area contributed by atoms with Crippen molar-refractivity contribution in [1.29, 1.82) is 0 Å². The van der Waals surface area contributed by atoms with E-state index in [0.29, 0.717) is 6.04 Å². The maximum atomic E-state index is 12.2. The molecule has 2 saturated heterocycles. The highest BCUT2D eigenvalue weighted by Gasteiger charge is 2.49. The van der Waals surface area contributed by atoms with E-state index in [0.717, 1.165) is 38.8 Å². The third-order valence-corrected chi connectivity index (χ3v) is 5.66. The van der Waals surface area contributed by atoms with Gasteiger partial charge in [0.15, 0.2) is 0 Å². The second-order valence-electron chi connectivity index (χ2n) is 7.32. The molecule has 0 spiro atoms. The van der Waals surface area contributed by atoms with Crippen LogP contribution in [-0.2, 0) is 11.2 Å². The number of hydrogen-bond donors (Lipinski definition) is 2. The number of urea groups is 1. The molecule has 24 heavy (non-hydrogen) atoms. The third kappa shape index (κ3) is 3.46. The molecule has 3 rings (SSSR count). The van der Waals surface area contributed by atoms with Gasteiger partial charge in [-0.15, -0.1) is 0 Å². The first-order valence-electron chi connectivity index (χ1n) is 8.90. The molecule has 3 amide bonds. The van der Waals surface area contributed by atoms with Crippen LogP contribution in [0.5, 0.6) is 0 Å². The van der Waals surface area contributed by atoms with Crippen LogP contribution in [0.3, 0.4) is 0 Å². The summed E-state index contributed by atoms with van der Waals surface area (Å²) in [7, 11) is 0. The number of rotatable bonds is 5. The highest BCUT2D eigenvalue weighted by Crippen LogP contribution is 2.31. The fourth-order valence-electron chi connectivity index (χ4n) is 3.93. The van der Waals surface area contributed by atoms with Gasteiger partial charge in [-0.25, -0.2) is 4.79 Å². The first-order chi connectivity index (χ1) is 11.5. The Morgan fingerprint density at radius 3 is 2.71 bits per heavy atom. The van der Waals surface area contributed by atoms with Crippen LogP contribution in [0.15, 0.2) is 30.3 Å². The molecule has 2 aliphatic heterocycles. The summed E-state index contributed by atoms with van der Waals surface area (Å²) in [5.74, 6) is -0.0202. The van der Waals surface area contributed by atoms with Crippen LogP contribution >= 0.6 is 0 Å². The number of nitrogens with one attached hydrogen (secondary N) is 2. The number of imide groups is 1. The molecule has 2 aliphatic rings. The lowest BCUT2D eigenvalue weighted by Gasteiger charge is -2.42. The van der Waals surface area contributed by atoms with E-state index in [1.54, 1.807) is 0 Å².